The number of carbonyl (C=O) groups excluding carboxylic acids is 1. The third-order valence-corrected chi connectivity index (χ3v) is 2.98. The normalized spacial score (nSPS) is 17.1. The maximum atomic E-state index is 11.8. The van der Waals surface area contributed by atoms with E-state index in [1.165, 1.54) is 24.8 Å². The van der Waals surface area contributed by atoms with Crippen LogP contribution >= 0.6 is 0 Å². The molecule has 5 nitrogen and oxygen atoms in total. The zero-order chi connectivity index (χ0) is 13.9. The molecule has 1 saturated carbocycles. The molecule has 1 fully saturated rings. The van der Waals surface area contributed by atoms with E-state index in [0.717, 1.165) is 6.42 Å². The van der Waals surface area contributed by atoms with Crippen LogP contribution in [0.5, 0.6) is 0 Å². The van der Waals surface area contributed by atoms with Crippen molar-refractivity contribution < 1.29 is 19.4 Å². The molecule has 0 unspecified atom stereocenters. The molecular weight excluding hydrogens is 234 g/mol. The van der Waals surface area contributed by atoms with Crippen LogP contribution in [-0.4, -0.2) is 40.8 Å². The molecule has 0 spiro atoms. The summed E-state index contributed by atoms with van der Waals surface area (Å²) in [7, 11) is 1.49. The summed E-state index contributed by atoms with van der Waals surface area (Å²) in [5.74, 6) is -0.317. The van der Waals surface area contributed by atoms with Crippen LogP contribution in [-0.2, 0) is 9.53 Å². The van der Waals surface area contributed by atoms with Crippen LogP contribution in [0.4, 0.5) is 4.79 Å². The molecular formula is C13H23NO4. The smallest absolute Gasteiger partial charge is 0.410 e. The summed E-state index contributed by atoms with van der Waals surface area (Å²) in [5, 5.41) is 9.17. The lowest BCUT2D eigenvalue weighted by Gasteiger charge is -2.28. The van der Waals surface area contributed by atoms with Crippen molar-refractivity contribution in [2.24, 2.45) is 5.92 Å². The second-order valence-corrected chi connectivity index (χ2v) is 5.97. The number of amides is 1. The molecule has 0 aliphatic heterocycles. The quantitative estimate of drug-likeness (QED) is 0.821. The van der Waals surface area contributed by atoms with Gasteiger partial charge in [0, 0.05) is 7.05 Å². The number of rotatable bonds is 5. The molecule has 104 valence electrons. The van der Waals surface area contributed by atoms with Crippen LogP contribution in [0.25, 0.3) is 0 Å². The number of carboxylic acids is 1. The van der Waals surface area contributed by atoms with E-state index < -0.39 is 23.7 Å². The minimum atomic E-state index is -0.969. The summed E-state index contributed by atoms with van der Waals surface area (Å²) in [4.78, 5) is 24.2. The summed E-state index contributed by atoms with van der Waals surface area (Å²) in [6, 6.07) is -0.791. The van der Waals surface area contributed by atoms with Gasteiger partial charge < -0.3 is 9.84 Å². The molecule has 5 heteroatoms. The van der Waals surface area contributed by atoms with Crippen molar-refractivity contribution in [3.63, 3.8) is 0 Å². The fourth-order valence-electron chi connectivity index (χ4n) is 1.74. The highest BCUT2D eigenvalue weighted by molar-refractivity contribution is 5.79. The minimum Gasteiger partial charge on any atom is -0.480 e. The van der Waals surface area contributed by atoms with Crippen LogP contribution in [0.1, 0.15) is 46.5 Å². The van der Waals surface area contributed by atoms with Gasteiger partial charge in [0.1, 0.15) is 11.6 Å². The predicted octanol–water partition coefficient (Wildman–Crippen LogP) is 2.50. The van der Waals surface area contributed by atoms with Crippen LogP contribution in [0.2, 0.25) is 0 Å². The van der Waals surface area contributed by atoms with Gasteiger partial charge in [0.05, 0.1) is 0 Å². The Morgan fingerprint density at radius 2 is 1.94 bits per heavy atom. The highest BCUT2D eigenvalue weighted by Crippen LogP contribution is 2.34. The molecule has 0 bridgehead atoms. The van der Waals surface area contributed by atoms with E-state index in [1.54, 1.807) is 20.8 Å². The Kier molecular flexibility index (Phi) is 4.59. The highest BCUT2D eigenvalue weighted by Gasteiger charge is 2.32. The number of carbonyl (C=O) groups is 2. The van der Waals surface area contributed by atoms with Crippen molar-refractivity contribution in [3.8, 4) is 0 Å². The zero-order valence-corrected chi connectivity index (χ0v) is 11.6. The first-order valence-corrected chi connectivity index (χ1v) is 6.39. The van der Waals surface area contributed by atoms with Crippen LogP contribution in [0.3, 0.4) is 0 Å². The number of likely N-dealkylation sites (N-methyl/N-ethyl adjacent to an activating group) is 1. The van der Waals surface area contributed by atoms with Crippen LogP contribution in [0.15, 0.2) is 0 Å². The van der Waals surface area contributed by atoms with Gasteiger partial charge in [0.2, 0.25) is 0 Å². The minimum absolute atomic E-state index is 0.496. The molecule has 0 aromatic rings. The van der Waals surface area contributed by atoms with Crippen molar-refractivity contribution >= 4 is 12.1 Å². The zero-order valence-electron chi connectivity index (χ0n) is 11.6. The lowest BCUT2D eigenvalue weighted by Crippen LogP contribution is -2.44. The summed E-state index contributed by atoms with van der Waals surface area (Å²) >= 11 is 0. The molecule has 1 amide bonds. The Morgan fingerprint density at radius 3 is 2.33 bits per heavy atom. The first kappa shape index (κ1) is 14.8. The van der Waals surface area contributed by atoms with Gasteiger partial charge in [-0.2, -0.15) is 0 Å². The Balaban J connectivity index is 2.54. The Labute approximate surface area is 108 Å². The molecule has 1 N–H and O–H groups in total. The van der Waals surface area contributed by atoms with Gasteiger partial charge in [0.15, 0.2) is 0 Å². The molecule has 0 saturated heterocycles. The largest absolute Gasteiger partial charge is 0.480 e. The molecule has 0 radical (unpaired) electrons. The number of aliphatic carboxylic acids is 1. The van der Waals surface area contributed by atoms with E-state index in [9.17, 15) is 14.7 Å². The van der Waals surface area contributed by atoms with E-state index in [0.29, 0.717) is 12.3 Å². The van der Waals surface area contributed by atoms with E-state index >= 15 is 0 Å². The molecule has 1 aliphatic rings. The number of ether oxygens (including phenoxy) is 1. The van der Waals surface area contributed by atoms with Gasteiger partial charge in [-0.25, -0.2) is 9.59 Å². The standard InChI is InChI=1S/C13H23NO4/c1-13(2,3)18-12(17)14(4)10(11(15)16)8-7-9-5-6-9/h9-10H,5-8H2,1-4H3,(H,15,16)/t10-/m0/s1. The second-order valence-electron chi connectivity index (χ2n) is 5.97. The van der Waals surface area contributed by atoms with Crippen molar-refractivity contribution in [1.82, 2.24) is 4.90 Å². The topological polar surface area (TPSA) is 66.8 Å². The van der Waals surface area contributed by atoms with Gasteiger partial charge in [-0.1, -0.05) is 12.8 Å². The Hall–Kier alpha value is -1.26. The van der Waals surface area contributed by atoms with Gasteiger partial charge in [-0.3, -0.25) is 4.90 Å². The average molecular weight is 257 g/mol. The number of hydrogen-bond acceptors (Lipinski definition) is 3. The van der Waals surface area contributed by atoms with Crippen molar-refractivity contribution in [2.45, 2.75) is 58.1 Å². The third kappa shape index (κ3) is 4.94. The van der Waals surface area contributed by atoms with Gasteiger partial charge in [0.25, 0.3) is 0 Å². The lowest BCUT2D eigenvalue weighted by atomic mass is 10.1. The Morgan fingerprint density at radius 1 is 1.39 bits per heavy atom. The summed E-state index contributed by atoms with van der Waals surface area (Å²) in [5.41, 5.74) is -0.606. The van der Waals surface area contributed by atoms with E-state index in [4.69, 9.17) is 4.74 Å². The van der Waals surface area contributed by atoms with E-state index in [2.05, 4.69) is 0 Å². The maximum absolute atomic E-state index is 11.8. The van der Waals surface area contributed by atoms with Gasteiger partial charge >= 0.3 is 12.1 Å². The van der Waals surface area contributed by atoms with Crippen molar-refractivity contribution in [1.29, 1.82) is 0 Å². The highest BCUT2D eigenvalue weighted by atomic mass is 16.6. The SMILES string of the molecule is CN(C(=O)OC(C)(C)C)[C@@H](CCC1CC1)C(=O)O. The number of carboxylic acid groups (broad SMARTS) is 1. The van der Waals surface area contributed by atoms with Gasteiger partial charge in [-0.05, 0) is 39.5 Å². The first-order chi connectivity index (χ1) is 8.20. The summed E-state index contributed by atoms with van der Waals surface area (Å²) in [6.07, 6.45) is 3.15. The molecule has 0 aromatic heterocycles. The maximum Gasteiger partial charge on any atom is 0.410 e. The van der Waals surface area contributed by atoms with Crippen LogP contribution in [0, 0.1) is 5.92 Å². The molecule has 1 aliphatic carbocycles. The monoisotopic (exact) mass is 257 g/mol. The van der Waals surface area contributed by atoms with Gasteiger partial charge in [-0.15, -0.1) is 0 Å². The first-order valence-electron chi connectivity index (χ1n) is 6.39. The van der Waals surface area contributed by atoms with E-state index in [1.807, 2.05) is 0 Å². The lowest BCUT2D eigenvalue weighted by molar-refractivity contribution is -0.143. The second kappa shape index (κ2) is 5.59. The molecule has 18 heavy (non-hydrogen) atoms. The fraction of sp³-hybridized carbons (Fsp3) is 0.846. The molecule has 0 heterocycles. The average Bonchev–Trinajstić information content (AvgIpc) is 2.98. The van der Waals surface area contributed by atoms with E-state index in [-0.39, 0.29) is 0 Å². The summed E-state index contributed by atoms with van der Waals surface area (Å²) < 4.78 is 5.18. The molecule has 0 aromatic carbocycles. The van der Waals surface area contributed by atoms with Crippen molar-refractivity contribution in [2.75, 3.05) is 7.05 Å². The molecule has 1 atom stereocenters. The third-order valence-electron chi connectivity index (χ3n) is 2.98. The molecule has 1 rings (SSSR count). The number of hydrogen-bond donors (Lipinski definition) is 1. The Bertz CT molecular complexity index is 317. The predicted molar refractivity (Wildman–Crippen MR) is 67.4 cm³/mol. The summed E-state index contributed by atoms with van der Waals surface area (Å²) in [6.45, 7) is 5.29. The van der Waals surface area contributed by atoms with Crippen LogP contribution < -0.4 is 0 Å². The fourth-order valence-corrected chi connectivity index (χ4v) is 1.74. The number of nitrogens with zero attached hydrogens (tertiary/aromatic N) is 1. The van der Waals surface area contributed by atoms with Crippen molar-refractivity contribution in [3.05, 3.63) is 0 Å².